The summed E-state index contributed by atoms with van der Waals surface area (Å²) in [5, 5.41) is 11.7. The molecule has 2 aliphatic heterocycles. The van der Waals surface area contributed by atoms with Gasteiger partial charge in [0.2, 0.25) is 0 Å². The van der Waals surface area contributed by atoms with Crippen molar-refractivity contribution >= 4 is 0 Å². The number of likely N-dealkylation sites (tertiary alicyclic amines) is 1. The van der Waals surface area contributed by atoms with Gasteiger partial charge in [0.15, 0.2) is 0 Å². The van der Waals surface area contributed by atoms with Crippen molar-refractivity contribution < 1.29 is 5.11 Å². The first-order chi connectivity index (χ1) is 13.7. The molecule has 3 aliphatic rings. The van der Waals surface area contributed by atoms with Gasteiger partial charge in [-0.05, 0) is 44.1 Å². The standard InChI is InChI=1S/C22H31N5O/c1-25-12-14-27(15-13-25)20-17-4-2-3-5-18(17)22(21(20)28)6-10-26(11-7-22)16-19-23-8-9-24-19/h2-5,8-9,20-21,28H,6-7,10-16H2,1H3,(H,23,24)/t20-,21+/m0/s1. The van der Waals surface area contributed by atoms with E-state index in [4.69, 9.17) is 0 Å². The van der Waals surface area contributed by atoms with E-state index in [1.165, 1.54) is 11.1 Å². The normalized spacial score (nSPS) is 28.6. The number of fused-ring (bicyclic) bond motifs is 2. The van der Waals surface area contributed by atoms with Crippen LogP contribution in [0.15, 0.2) is 36.7 Å². The minimum absolute atomic E-state index is 0.107. The third kappa shape index (κ3) is 2.99. The van der Waals surface area contributed by atoms with Crippen LogP contribution in [0, 0.1) is 0 Å². The number of H-pyrrole nitrogens is 1. The highest BCUT2D eigenvalue weighted by molar-refractivity contribution is 5.45. The van der Waals surface area contributed by atoms with E-state index < -0.39 is 0 Å². The van der Waals surface area contributed by atoms with Crippen molar-refractivity contribution in [3.63, 3.8) is 0 Å². The fourth-order valence-electron chi connectivity index (χ4n) is 5.61. The van der Waals surface area contributed by atoms with Gasteiger partial charge in [-0.2, -0.15) is 0 Å². The van der Waals surface area contributed by atoms with Gasteiger partial charge in [-0.15, -0.1) is 0 Å². The zero-order valence-electron chi connectivity index (χ0n) is 16.7. The van der Waals surface area contributed by atoms with Crippen LogP contribution in [0.2, 0.25) is 0 Å². The maximum absolute atomic E-state index is 11.7. The smallest absolute Gasteiger partial charge is 0.120 e. The Kier molecular flexibility index (Phi) is 4.75. The predicted octanol–water partition coefficient (Wildman–Crippen LogP) is 1.61. The Morgan fingerprint density at radius 3 is 2.57 bits per heavy atom. The number of likely N-dealkylation sites (N-methyl/N-ethyl adjacent to an activating group) is 1. The SMILES string of the molecule is CN1CCN([C@H]2c3ccccc3C3(CCN(Cc4ncc[nH]4)CC3)[C@@H]2O)CC1. The fourth-order valence-corrected chi connectivity index (χ4v) is 5.61. The maximum Gasteiger partial charge on any atom is 0.120 e. The van der Waals surface area contributed by atoms with Gasteiger partial charge in [0, 0.05) is 44.0 Å². The van der Waals surface area contributed by atoms with Crippen molar-refractivity contribution in [2.24, 2.45) is 0 Å². The van der Waals surface area contributed by atoms with Crippen molar-refractivity contribution in [1.29, 1.82) is 0 Å². The molecule has 150 valence electrons. The first kappa shape index (κ1) is 18.3. The molecule has 2 saturated heterocycles. The summed E-state index contributed by atoms with van der Waals surface area (Å²) >= 11 is 0. The number of aromatic amines is 1. The van der Waals surface area contributed by atoms with Crippen LogP contribution in [-0.4, -0.2) is 82.2 Å². The molecule has 28 heavy (non-hydrogen) atoms. The van der Waals surface area contributed by atoms with Gasteiger partial charge >= 0.3 is 0 Å². The number of nitrogens with zero attached hydrogens (tertiary/aromatic N) is 4. The van der Waals surface area contributed by atoms with Gasteiger partial charge in [-0.25, -0.2) is 4.98 Å². The second-order valence-electron chi connectivity index (χ2n) is 8.78. The van der Waals surface area contributed by atoms with Crippen molar-refractivity contribution in [1.82, 2.24) is 24.7 Å². The molecule has 2 fully saturated rings. The molecule has 1 aromatic carbocycles. The van der Waals surface area contributed by atoms with E-state index in [1.54, 1.807) is 0 Å². The summed E-state index contributed by atoms with van der Waals surface area (Å²) in [7, 11) is 2.19. The molecular weight excluding hydrogens is 350 g/mol. The van der Waals surface area contributed by atoms with Gasteiger partial charge in [0.1, 0.15) is 5.82 Å². The Bertz CT molecular complexity index is 791. The minimum atomic E-state index is -0.320. The first-order valence-corrected chi connectivity index (χ1v) is 10.6. The average Bonchev–Trinajstić information content (AvgIpc) is 3.31. The lowest BCUT2D eigenvalue weighted by Crippen LogP contribution is -2.52. The highest BCUT2D eigenvalue weighted by Crippen LogP contribution is 2.52. The van der Waals surface area contributed by atoms with Crippen LogP contribution >= 0.6 is 0 Å². The number of benzene rings is 1. The van der Waals surface area contributed by atoms with Crippen LogP contribution in [-0.2, 0) is 12.0 Å². The maximum atomic E-state index is 11.7. The highest BCUT2D eigenvalue weighted by Gasteiger charge is 2.54. The number of nitrogens with one attached hydrogen (secondary N) is 1. The fraction of sp³-hybridized carbons (Fsp3) is 0.591. The Hall–Kier alpha value is -1.73. The van der Waals surface area contributed by atoms with E-state index >= 15 is 0 Å². The second kappa shape index (κ2) is 7.26. The molecule has 0 amide bonds. The van der Waals surface area contributed by atoms with Crippen LogP contribution in [0.3, 0.4) is 0 Å². The van der Waals surface area contributed by atoms with Crippen molar-refractivity contribution in [3.05, 3.63) is 53.6 Å². The summed E-state index contributed by atoms with van der Waals surface area (Å²) in [5.41, 5.74) is 2.65. The van der Waals surface area contributed by atoms with Crippen LogP contribution in [0.25, 0.3) is 0 Å². The molecule has 2 aromatic rings. The largest absolute Gasteiger partial charge is 0.390 e. The molecule has 1 aliphatic carbocycles. The van der Waals surface area contributed by atoms with E-state index in [-0.39, 0.29) is 17.6 Å². The predicted molar refractivity (Wildman–Crippen MR) is 109 cm³/mol. The van der Waals surface area contributed by atoms with Gasteiger partial charge in [-0.3, -0.25) is 9.80 Å². The number of piperidine rings is 1. The summed E-state index contributed by atoms with van der Waals surface area (Å²) in [6.07, 6.45) is 5.40. The summed E-state index contributed by atoms with van der Waals surface area (Å²) in [5.74, 6) is 1.03. The number of hydrogen-bond donors (Lipinski definition) is 2. The number of piperazine rings is 1. The van der Waals surface area contributed by atoms with E-state index in [9.17, 15) is 5.11 Å². The average molecular weight is 382 g/mol. The van der Waals surface area contributed by atoms with Gasteiger partial charge in [-0.1, -0.05) is 24.3 Å². The molecule has 5 rings (SSSR count). The molecule has 0 bridgehead atoms. The third-order valence-corrected chi connectivity index (χ3v) is 7.29. The molecule has 2 atom stereocenters. The number of rotatable bonds is 3. The summed E-state index contributed by atoms with van der Waals surface area (Å²) in [6, 6.07) is 8.96. The van der Waals surface area contributed by atoms with Gasteiger partial charge in [0.05, 0.1) is 18.7 Å². The first-order valence-electron chi connectivity index (χ1n) is 10.6. The monoisotopic (exact) mass is 381 g/mol. The Morgan fingerprint density at radius 1 is 1.11 bits per heavy atom. The third-order valence-electron chi connectivity index (χ3n) is 7.29. The Labute approximate surface area is 167 Å². The van der Waals surface area contributed by atoms with E-state index in [0.29, 0.717) is 0 Å². The van der Waals surface area contributed by atoms with Gasteiger partial charge in [0.25, 0.3) is 0 Å². The molecular formula is C22H31N5O. The van der Waals surface area contributed by atoms with E-state index in [1.807, 2.05) is 12.4 Å². The number of hydrogen-bond acceptors (Lipinski definition) is 5. The van der Waals surface area contributed by atoms with Crippen LogP contribution in [0.4, 0.5) is 0 Å². The zero-order chi connectivity index (χ0) is 19.1. The second-order valence-corrected chi connectivity index (χ2v) is 8.78. The van der Waals surface area contributed by atoms with Crippen molar-refractivity contribution in [2.75, 3.05) is 46.3 Å². The molecule has 6 heteroatoms. The summed E-state index contributed by atoms with van der Waals surface area (Å²) in [4.78, 5) is 14.9. The molecule has 1 spiro atoms. The van der Waals surface area contributed by atoms with Crippen molar-refractivity contribution in [2.45, 2.75) is 36.9 Å². The lowest BCUT2D eigenvalue weighted by atomic mass is 9.72. The number of aliphatic hydroxyl groups is 1. The number of aliphatic hydroxyl groups excluding tert-OH is 1. The molecule has 0 radical (unpaired) electrons. The topological polar surface area (TPSA) is 58.6 Å². The quantitative estimate of drug-likeness (QED) is 0.846. The number of imidazole rings is 1. The molecule has 1 aromatic heterocycles. The zero-order valence-corrected chi connectivity index (χ0v) is 16.7. The highest BCUT2D eigenvalue weighted by atomic mass is 16.3. The lowest BCUT2D eigenvalue weighted by molar-refractivity contribution is -0.0272. The van der Waals surface area contributed by atoms with Crippen LogP contribution < -0.4 is 0 Å². The Balaban J connectivity index is 1.38. The van der Waals surface area contributed by atoms with E-state index in [0.717, 1.165) is 64.5 Å². The van der Waals surface area contributed by atoms with Crippen molar-refractivity contribution in [3.8, 4) is 0 Å². The Morgan fingerprint density at radius 2 is 1.86 bits per heavy atom. The molecule has 2 N–H and O–H groups in total. The number of aromatic nitrogens is 2. The molecule has 0 saturated carbocycles. The lowest BCUT2D eigenvalue weighted by Gasteiger charge is -2.44. The summed E-state index contributed by atoms with van der Waals surface area (Å²) < 4.78 is 0. The van der Waals surface area contributed by atoms with Crippen LogP contribution in [0.1, 0.15) is 35.8 Å². The molecule has 3 heterocycles. The van der Waals surface area contributed by atoms with Gasteiger partial charge < -0.3 is 15.0 Å². The van der Waals surface area contributed by atoms with E-state index in [2.05, 4.69) is 56.0 Å². The van der Waals surface area contributed by atoms with Crippen LogP contribution in [0.5, 0.6) is 0 Å². The summed E-state index contributed by atoms with van der Waals surface area (Å²) in [6.45, 7) is 7.09. The molecule has 6 nitrogen and oxygen atoms in total. The molecule has 0 unspecified atom stereocenters. The minimum Gasteiger partial charge on any atom is -0.390 e.